The molecule has 2 aliphatic carbocycles. The normalized spacial score (nSPS) is 23.7. The zero-order chi connectivity index (χ0) is 30.1. The molecule has 39 heavy (non-hydrogen) atoms. The van der Waals surface area contributed by atoms with Gasteiger partial charge in [-0.15, -0.1) is 26.3 Å². The summed E-state index contributed by atoms with van der Waals surface area (Å²) in [6, 6.07) is 16.1. The highest BCUT2D eigenvalue weighted by Crippen LogP contribution is 2.65. The Labute approximate surface area is 241 Å². The highest BCUT2D eigenvalue weighted by molar-refractivity contribution is 6.39. The topological polar surface area (TPSA) is 75.5 Å². The summed E-state index contributed by atoms with van der Waals surface area (Å²) < 4.78 is 0. The second-order valence-corrected chi connectivity index (χ2v) is 11.2. The lowest BCUT2D eigenvalue weighted by Gasteiger charge is -2.39. The summed E-state index contributed by atoms with van der Waals surface area (Å²) in [5.74, 6) is 0. The molecule has 2 fully saturated rings. The second kappa shape index (κ2) is 14.3. The molecule has 6 heteroatoms. The van der Waals surface area contributed by atoms with Crippen molar-refractivity contribution in [3.05, 3.63) is 98.0 Å². The number of nitrogens with two attached hydrogens (primary N) is 2. The van der Waals surface area contributed by atoms with E-state index in [1.54, 1.807) is 0 Å². The van der Waals surface area contributed by atoms with Crippen molar-refractivity contribution in [3.8, 4) is 0 Å². The average Bonchev–Trinajstić information content (AvgIpc) is 3.64. The zero-order valence-corrected chi connectivity index (χ0v) is 24.9. The number of hydrogen-bond acceptors (Lipinski definition) is 4. The van der Waals surface area contributed by atoms with Gasteiger partial charge in [-0.05, 0) is 106 Å². The maximum Gasteiger partial charge on any atom is 0.115 e. The van der Waals surface area contributed by atoms with Crippen LogP contribution in [-0.4, -0.2) is 40.3 Å². The minimum atomic E-state index is -1.75. The Morgan fingerprint density at radius 2 is 1.41 bits per heavy atom. The van der Waals surface area contributed by atoms with Gasteiger partial charge in [0.2, 0.25) is 0 Å². The molecule has 5 rings (SSSR count). The monoisotopic (exact) mass is 526 g/mol. The van der Waals surface area contributed by atoms with Gasteiger partial charge in [0.25, 0.3) is 0 Å². The van der Waals surface area contributed by atoms with Crippen molar-refractivity contribution in [1.29, 1.82) is 0 Å². The van der Waals surface area contributed by atoms with Crippen molar-refractivity contribution >= 4 is 21.4 Å². The Morgan fingerprint density at radius 1 is 0.897 bits per heavy atom. The third-order valence-electron chi connectivity index (χ3n) is 8.64. The third-order valence-corrected chi connectivity index (χ3v) is 8.64. The smallest absolute Gasteiger partial charge is 0.115 e. The van der Waals surface area contributed by atoms with Gasteiger partial charge in [-0.3, -0.25) is 0 Å². The van der Waals surface area contributed by atoms with Gasteiger partial charge in [0, 0.05) is 24.2 Å². The number of aliphatic hydroxyl groups is 1. The van der Waals surface area contributed by atoms with Crippen LogP contribution in [0.4, 0.5) is 5.69 Å². The molecule has 1 unspecified atom stereocenters. The van der Waals surface area contributed by atoms with Crippen LogP contribution in [0.15, 0.2) is 68.8 Å². The maximum absolute atomic E-state index is 10.2. The second-order valence-electron chi connectivity index (χ2n) is 11.2. The Bertz CT molecular complexity index is 1020. The largest absolute Gasteiger partial charge is 0.404 e. The molecular weight excluding hydrogens is 476 g/mol. The number of benzene rings is 2. The van der Waals surface area contributed by atoms with Gasteiger partial charge in [0.15, 0.2) is 0 Å². The fourth-order valence-corrected chi connectivity index (χ4v) is 6.66. The van der Waals surface area contributed by atoms with E-state index in [0.29, 0.717) is 0 Å². The van der Waals surface area contributed by atoms with Gasteiger partial charge in [0.1, 0.15) is 21.1 Å². The van der Waals surface area contributed by atoms with Crippen LogP contribution in [0, 0.1) is 24.7 Å². The van der Waals surface area contributed by atoms with Crippen molar-refractivity contribution in [2.75, 3.05) is 19.0 Å². The highest BCUT2D eigenvalue weighted by Gasteiger charge is 2.58. The molecule has 0 spiro atoms. The molecule has 5 N–H and O–H groups in total. The predicted octanol–water partition coefficient (Wildman–Crippen LogP) is 5.68. The molecule has 1 atom stereocenters. The number of anilines is 1. The van der Waals surface area contributed by atoms with E-state index in [-0.39, 0.29) is 10.8 Å². The van der Waals surface area contributed by atoms with E-state index in [4.69, 9.17) is 15.7 Å². The van der Waals surface area contributed by atoms with Crippen LogP contribution >= 0.6 is 0 Å². The molecule has 2 aromatic rings. The van der Waals surface area contributed by atoms with E-state index < -0.39 is 10.8 Å². The van der Waals surface area contributed by atoms with E-state index in [9.17, 15) is 5.11 Å². The number of nitrogens with zero attached hydrogens (tertiary/aromatic N) is 1. The molecule has 0 saturated heterocycles. The lowest BCUT2D eigenvalue weighted by molar-refractivity contribution is 0.0528. The van der Waals surface area contributed by atoms with E-state index in [1.165, 1.54) is 54.9 Å². The summed E-state index contributed by atoms with van der Waals surface area (Å²) in [6.45, 7) is 22.2. The van der Waals surface area contributed by atoms with E-state index in [0.717, 1.165) is 38.8 Å². The van der Waals surface area contributed by atoms with Crippen LogP contribution in [0.1, 0.15) is 67.7 Å². The Balaban J connectivity index is 0.000000874. The third kappa shape index (κ3) is 7.42. The van der Waals surface area contributed by atoms with Crippen LogP contribution in [-0.2, 0) is 18.5 Å². The van der Waals surface area contributed by atoms with Crippen molar-refractivity contribution in [2.24, 2.45) is 22.3 Å². The summed E-state index contributed by atoms with van der Waals surface area (Å²) in [7, 11) is 14.7. The van der Waals surface area contributed by atoms with Gasteiger partial charge in [0.05, 0.1) is 6.92 Å². The van der Waals surface area contributed by atoms with Crippen LogP contribution in [0.25, 0.3) is 0 Å². The van der Waals surface area contributed by atoms with E-state index in [2.05, 4.69) is 99.0 Å². The highest BCUT2D eigenvalue weighted by atomic mass is 16.3. The fraction of sp³-hybridized carbons (Fsp3) is 0.485. The molecule has 0 amide bonds. The lowest BCUT2D eigenvalue weighted by Crippen LogP contribution is -2.48. The molecule has 2 bridgehead atoms. The zero-order valence-electron chi connectivity index (χ0n) is 24.9. The Hall–Kier alpha value is -2.40. The number of hydrogen-bond donors (Lipinski definition) is 3. The minimum absolute atomic E-state index is 0.191. The molecule has 1 heterocycles. The van der Waals surface area contributed by atoms with Crippen molar-refractivity contribution in [1.82, 2.24) is 0 Å². The molecule has 2 aromatic carbocycles. The van der Waals surface area contributed by atoms with Crippen molar-refractivity contribution in [3.63, 3.8) is 0 Å². The first-order valence-corrected chi connectivity index (χ1v) is 13.8. The SMILES string of the molecule is C=C.C=C.CN.CN.[B]C([B])(O)C([CH2+])(C)CC12CCC(c3ccc(N4Cc5ccc(C)cc5C4)cc3)(CC1)C2. The molecule has 4 nitrogen and oxygen atoms in total. The first kappa shape index (κ1) is 34.6. The summed E-state index contributed by atoms with van der Waals surface area (Å²) in [5.41, 5.74) is 15.7. The maximum atomic E-state index is 10.2. The molecular formula is C33H50B2N3O+. The molecule has 208 valence electrons. The number of fused-ring (bicyclic) bond motifs is 3. The lowest BCUT2D eigenvalue weighted by atomic mass is 9.48. The van der Waals surface area contributed by atoms with Crippen LogP contribution in [0.3, 0.4) is 0 Å². The standard InChI is InChI=1S/C27H32B2NO.2C2H4.2CH5N/c1-19-4-5-20-15-30(16-21(20)14-19)23-8-6-22(7-9-23)26-12-10-25(18-26,11-13-26)17-24(2,3)27(28,29)31;4*1-2/h4-9,14,31H,2,10-13,15-18H2,1,3H3;2*1-2H2;2*2H2,1H3/q+1;;;;. The number of aryl methyl sites for hydroxylation is 1. The fourth-order valence-electron chi connectivity index (χ4n) is 6.66. The molecule has 1 aliphatic heterocycles. The van der Waals surface area contributed by atoms with E-state index >= 15 is 0 Å². The summed E-state index contributed by atoms with van der Waals surface area (Å²) in [4.78, 5) is 2.47. The summed E-state index contributed by atoms with van der Waals surface area (Å²) in [5, 5.41) is 8.47. The van der Waals surface area contributed by atoms with Gasteiger partial charge >= 0.3 is 0 Å². The Kier molecular flexibility index (Phi) is 12.7. The molecule has 2 saturated carbocycles. The van der Waals surface area contributed by atoms with Gasteiger partial charge in [-0.2, -0.15) is 0 Å². The average molecular weight is 526 g/mol. The van der Waals surface area contributed by atoms with Gasteiger partial charge in [-0.1, -0.05) is 35.9 Å². The van der Waals surface area contributed by atoms with Gasteiger partial charge < -0.3 is 21.5 Å². The molecule has 4 radical (unpaired) electrons. The minimum Gasteiger partial charge on any atom is -0.404 e. The first-order chi connectivity index (χ1) is 18.5. The van der Waals surface area contributed by atoms with Crippen molar-refractivity contribution < 1.29 is 5.11 Å². The Morgan fingerprint density at radius 3 is 1.92 bits per heavy atom. The molecule has 3 aliphatic rings. The molecule has 0 aromatic heterocycles. The van der Waals surface area contributed by atoms with Gasteiger partial charge in [-0.25, -0.2) is 0 Å². The summed E-state index contributed by atoms with van der Waals surface area (Å²) >= 11 is 0. The predicted molar refractivity (Wildman–Crippen MR) is 172 cm³/mol. The van der Waals surface area contributed by atoms with E-state index in [1.807, 2.05) is 6.92 Å². The quantitative estimate of drug-likeness (QED) is 0.266. The van der Waals surface area contributed by atoms with Crippen LogP contribution in [0.5, 0.6) is 0 Å². The van der Waals surface area contributed by atoms with Crippen LogP contribution < -0.4 is 16.4 Å². The van der Waals surface area contributed by atoms with Crippen LogP contribution in [0.2, 0.25) is 0 Å². The van der Waals surface area contributed by atoms with Crippen molar-refractivity contribution in [2.45, 2.75) is 76.3 Å². The summed E-state index contributed by atoms with van der Waals surface area (Å²) in [6.07, 6.45) is 6.64. The number of rotatable bonds is 5. The first-order valence-electron chi connectivity index (χ1n) is 13.8.